The summed E-state index contributed by atoms with van der Waals surface area (Å²) in [6.45, 7) is 4.84. The van der Waals surface area contributed by atoms with Gasteiger partial charge in [-0.3, -0.25) is 9.69 Å². The summed E-state index contributed by atoms with van der Waals surface area (Å²) in [7, 11) is 1.91. The molecule has 3 rings (SSSR count). The largest absolute Gasteiger partial charge is 0.316 e. The molecule has 1 amide bonds. The Hall–Kier alpha value is -2.39. The molecular formula is C17H16N2O. The molecule has 0 aliphatic carbocycles. The average Bonchev–Trinajstić information content (AvgIpc) is 2.72. The van der Waals surface area contributed by atoms with E-state index in [2.05, 4.69) is 11.9 Å². The SMILES string of the molecule is C=C1c2ccccc2C(=O)N1c1cccc(CNC)c1. The van der Waals surface area contributed by atoms with Gasteiger partial charge in [0.1, 0.15) is 0 Å². The molecule has 0 aromatic heterocycles. The number of hydrogen-bond acceptors (Lipinski definition) is 2. The Morgan fingerprint density at radius 3 is 2.55 bits per heavy atom. The predicted octanol–water partition coefficient (Wildman–Crippen LogP) is 3.04. The molecule has 20 heavy (non-hydrogen) atoms. The van der Waals surface area contributed by atoms with Crippen LogP contribution in [0.4, 0.5) is 5.69 Å². The molecule has 1 aliphatic rings. The number of nitrogens with one attached hydrogen (secondary N) is 1. The summed E-state index contributed by atoms with van der Waals surface area (Å²) in [6, 6.07) is 15.6. The van der Waals surface area contributed by atoms with Gasteiger partial charge in [-0.2, -0.15) is 0 Å². The van der Waals surface area contributed by atoms with Gasteiger partial charge in [0, 0.05) is 23.4 Å². The van der Waals surface area contributed by atoms with Gasteiger partial charge in [0.25, 0.3) is 5.91 Å². The van der Waals surface area contributed by atoms with Gasteiger partial charge in [0.05, 0.1) is 5.70 Å². The highest BCUT2D eigenvalue weighted by Gasteiger charge is 2.31. The first kappa shape index (κ1) is 12.6. The topological polar surface area (TPSA) is 32.3 Å². The lowest BCUT2D eigenvalue weighted by atomic mass is 10.1. The van der Waals surface area contributed by atoms with E-state index in [4.69, 9.17) is 0 Å². The van der Waals surface area contributed by atoms with E-state index in [1.54, 1.807) is 4.90 Å². The van der Waals surface area contributed by atoms with E-state index in [0.29, 0.717) is 0 Å². The fraction of sp³-hybridized carbons (Fsp3) is 0.118. The molecule has 0 radical (unpaired) electrons. The van der Waals surface area contributed by atoms with E-state index < -0.39 is 0 Å². The van der Waals surface area contributed by atoms with Crippen LogP contribution in [-0.4, -0.2) is 13.0 Å². The van der Waals surface area contributed by atoms with Crippen molar-refractivity contribution in [3.63, 3.8) is 0 Å². The van der Waals surface area contributed by atoms with Crippen LogP contribution in [0, 0.1) is 0 Å². The fourth-order valence-corrected chi connectivity index (χ4v) is 2.57. The van der Waals surface area contributed by atoms with E-state index in [9.17, 15) is 4.79 Å². The summed E-state index contributed by atoms with van der Waals surface area (Å²) in [4.78, 5) is 14.2. The highest BCUT2D eigenvalue weighted by molar-refractivity contribution is 6.22. The number of anilines is 1. The van der Waals surface area contributed by atoms with Crippen molar-refractivity contribution in [2.75, 3.05) is 11.9 Å². The van der Waals surface area contributed by atoms with Gasteiger partial charge in [-0.15, -0.1) is 0 Å². The zero-order valence-corrected chi connectivity index (χ0v) is 11.4. The van der Waals surface area contributed by atoms with Crippen LogP contribution in [0.5, 0.6) is 0 Å². The lowest BCUT2D eigenvalue weighted by Crippen LogP contribution is -2.22. The van der Waals surface area contributed by atoms with Crippen LogP contribution in [0.2, 0.25) is 0 Å². The first-order valence-electron chi connectivity index (χ1n) is 6.58. The third kappa shape index (κ3) is 1.92. The van der Waals surface area contributed by atoms with Crippen molar-refractivity contribution in [3.05, 3.63) is 71.8 Å². The monoisotopic (exact) mass is 264 g/mol. The highest BCUT2D eigenvalue weighted by Crippen LogP contribution is 2.35. The quantitative estimate of drug-likeness (QED) is 0.924. The van der Waals surface area contributed by atoms with Crippen LogP contribution in [-0.2, 0) is 6.54 Å². The van der Waals surface area contributed by atoms with Crippen molar-refractivity contribution in [2.24, 2.45) is 0 Å². The Labute approximate surface area is 118 Å². The van der Waals surface area contributed by atoms with Crippen molar-refractivity contribution >= 4 is 17.3 Å². The van der Waals surface area contributed by atoms with E-state index in [1.165, 1.54) is 0 Å². The molecule has 0 unspecified atom stereocenters. The molecule has 1 aliphatic heterocycles. The van der Waals surface area contributed by atoms with Gasteiger partial charge in [-0.1, -0.05) is 36.9 Å². The number of fused-ring (bicyclic) bond motifs is 1. The molecule has 1 heterocycles. The second-order valence-electron chi connectivity index (χ2n) is 4.83. The van der Waals surface area contributed by atoms with E-state index >= 15 is 0 Å². The molecule has 0 saturated carbocycles. The number of hydrogen-bond donors (Lipinski definition) is 1. The van der Waals surface area contributed by atoms with Crippen LogP contribution in [0.1, 0.15) is 21.5 Å². The Bertz CT molecular complexity index is 656. The van der Waals surface area contributed by atoms with Crippen LogP contribution >= 0.6 is 0 Å². The number of carbonyl (C=O) groups is 1. The third-order valence-electron chi connectivity index (χ3n) is 3.49. The zero-order chi connectivity index (χ0) is 14.1. The third-order valence-corrected chi connectivity index (χ3v) is 3.49. The fourth-order valence-electron chi connectivity index (χ4n) is 2.57. The Balaban J connectivity index is 2.02. The van der Waals surface area contributed by atoms with Crippen molar-refractivity contribution < 1.29 is 4.79 Å². The molecule has 0 bridgehead atoms. The van der Waals surface area contributed by atoms with Crippen molar-refractivity contribution in [3.8, 4) is 0 Å². The second kappa shape index (κ2) is 4.94. The first-order chi connectivity index (χ1) is 9.72. The minimum absolute atomic E-state index is 0.00722. The summed E-state index contributed by atoms with van der Waals surface area (Å²) in [5.74, 6) is -0.00722. The molecule has 100 valence electrons. The average molecular weight is 264 g/mol. The molecule has 1 N–H and O–H groups in total. The van der Waals surface area contributed by atoms with Crippen LogP contribution in [0.25, 0.3) is 5.70 Å². The highest BCUT2D eigenvalue weighted by atomic mass is 16.2. The van der Waals surface area contributed by atoms with Gasteiger partial charge in [-0.25, -0.2) is 0 Å². The molecular weight excluding hydrogens is 248 g/mol. The predicted molar refractivity (Wildman–Crippen MR) is 81.5 cm³/mol. The van der Waals surface area contributed by atoms with Crippen molar-refractivity contribution in [1.82, 2.24) is 5.32 Å². The van der Waals surface area contributed by atoms with Crippen LogP contribution in [0.3, 0.4) is 0 Å². The molecule has 0 fully saturated rings. The summed E-state index contributed by atoms with van der Waals surface area (Å²) < 4.78 is 0. The van der Waals surface area contributed by atoms with Crippen molar-refractivity contribution in [2.45, 2.75) is 6.54 Å². The zero-order valence-electron chi connectivity index (χ0n) is 11.4. The number of benzene rings is 2. The van der Waals surface area contributed by atoms with Crippen LogP contribution < -0.4 is 10.2 Å². The molecule has 2 aromatic rings. The normalized spacial score (nSPS) is 13.8. The summed E-state index contributed by atoms with van der Waals surface area (Å²) in [5.41, 5.74) is 4.38. The van der Waals surface area contributed by atoms with E-state index in [1.807, 2.05) is 55.6 Å². The maximum absolute atomic E-state index is 12.5. The Morgan fingerprint density at radius 1 is 1.10 bits per heavy atom. The summed E-state index contributed by atoms with van der Waals surface area (Å²) >= 11 is 0. The molecule has 2 aromatic carbocycles. The molecule has 3 heteroatoms. The van der Waals surface area contributed by atoms with E-state index in [-0.39, 0.29) is 5.91 Å². The smallest absolute Gasteiger partial charge is 0.263 e. The minimum atomic E-state index is -0.00722. The molecule has 0 saturated heterocycles. The maximum Gasteiger partial charge on any atom is 0.263 e. The van der Waals surface area contributed by atoms with Gasteiger partial charge in [0.2, 0.25) is 0 Å². The Morgan fingerprint density at radius 2 is 1.85 bits per heavy atom. The minimum Gasteiger partial charge on any atom is -0.316 e. The molecule has 0 spiro atoms. The first-order valence-corrected chi connectivity index (χ1v) is 6.58. The molecule has 3 nitrogen and oxygen atoms in total. The number of nitrogens with zero attached hydrogens (tertiary/aromatic N) is 1. The summed E-state index contributed by atoms with van der Waals surface area (Å²) in [5, 5.41) is 3.12. The van der Waals surface area contributed by atoms with Gasteiger partial charge >= 0.3 is 0 Å². The number of rotatable bonds is 3. The standard InChI is InChI=1S/C17H16N2O/c1-12-15-8-3-4-9-16(15)17(20)19(12)14-7-5-6-13(10-14)11-18-2/h3-10,18H,1,11H2,2H3. The van der Waals surface area contributed by atoms with Gasteiger partial charge in [0.15, 0.2) is 0 Å². The summed E-state index contributed by atoms with van der Waals surface area (Å²) in [6.07, 6.45) is 0. The van der Waals surface area contributed by atoms with E-state index in [0.717, 1.165) is 34.6 Å². The van der Waals surface area contributed by atoms with Gasteiger partial charge < -0.3 is 5.32 Å². The van der Waals surface area contributed by atoms with Gasteiger partial charge in [-0.05, 0) is 30.8 Å². The van der Waals surface area contributed by atoms with Crippen molar-refractivity contribution in [1.29, 1.82) is 0 Å². The molecule has 0 atom stereocenters. The van der Waals surface area contributed by atoms with Crippen LogP contribution in [0.15, 0.2) is 55.1 Å². The second-order valence-corrected chi connectivity index (χ2v) is 4.83. The number of carbonyl (C=O) groups excluding carboxylic acids is 1. The maximum atomic E-state index is 12.5. The Kier molecular flexibility index (Phi) is 3.12. The number of amides is 1. The lowest BCUT2D eigenvalue weighted by Gasteiger charge is -2.18. The lowest BCUT2D eigenvalue weighted by molar-refractivity contribution is 0.101.